The van der Waals surface area contributed by atoms with Crippen molar-refractivity contribution < 1.29 is 21.6 Å². The third kappa shape index (κ3) is 4.89. The normalized spacial score (nSPS) is 18.0. The lowest BCUT2D eigenvalue weighted by Gasteiger charge is -2.33. The van der Waals surface area contributed by atoms with Crippen molar-refractivity contribution in [2.75, 3.05) is 29.8 Å². The second kappa shape index (κ2) is 7.46. The van der Waals surface area contributed by atoms with Crippen molar-refractivity contribution in [3.63, 3.8) is 0 Å². The number of likely N-dealkylation sites (N-methyl/N-ethyl adjacent to an activating group) is 1. The van der Waals surface area contributed by atoms with Gasteiger partial charge in [-0.25, -0.2) is 8.42 Å². The van der Waals surface area contributed by atoms with Crippen LogP contribution in [-0.2, 0) is 16.6 Å². The average Bonchev–Trinajstić information content (AvgIpc) is 2.52. The maximum atomic E-state index is 12.5. The summed E-state index contributed by atoms with van der Waals surface area (Å²) in [5.74, 6) is -2.09. The summed E-state index contributed by atoms with van der Waals surface area (Å²) in [6.07, 6.45) is -4.82. The van der Waals surface area contributed by atoms with Crippen molar-refractivity contribution in [1.82, 2.24) is 4.90 Å². The molecular formula is C18H19ClF3N3O2S. The number of nitrogen functional groups attached to an aromatic ring is 1. The summed E-state index contributed by atoms with van der Waals surface area (Å²) in [5, 5.41) is 0.550. The van der Waals surface area contributed by atoms with E-state index in [0.717, 1.165) is 16.7 Å². The van der Waals surface area contributed by atoms with Crippen LogP contribution in [0.2, 0.25) is 5.02 Å². The topological polar surface area (TPSA) is 75.4 Å². The van der Waals surface area contributed by atoms with E-state index < -0.39 is 22.0 Å². The molecule has 0 amide bonds. The first-order chi connectivity index (χ1) is 12.9. The number of hydrogen-bond acceptors (Lipinski definition) is 4. The molecule has 0 spiro atoms. The van der Waals surface area contributed by atoms with E-state index in [0.29, 0.717) is 23.8 Å². The van der Waals surface area contributed by atoms with E-state index in [4.69, 9.17) is 17.3 Å². The first-order valence-electron chi connectivity index (χ1n) is 8.37. The molecule has 1 heterocycles. The van der Waals surface area contributed by atoms with Gasteiger partial charge in [0.05, 0.1) is 0 Å². The van der Waals surface area contributed by atoms with Gasteiger partial charge in [0.15, 0.2) is 5.75 Å². The second-order valence-corrected chi connectivity index (χ2v) is 9.05. The Morgan fingerprint density at radius 1 is 1.29 bits per heavy atom. The molecule has 0 aromatic heterocycles. The Balaban J connectivity index is 1.95. The molecule has 1 unspecified atom stereocenters. The third-order valence-electron chi connectivity index (χ3n) is 4.47. The largest absolute Gasteiger partial charge is 0.404 e. The van der Waals surface area contributed by atoms with Crippen LogP contribution in [0, 0.1) is 0 Å². The quantitative estimate of drug-likeness (QED) is 0.719. The zero-order valence-electron chi connectivity index (χ0n) is 14.9. The van der Waals surface area contributed by atoms with Gasteiger partial charge in [-0.15, -0.1) is 0 Å². The van der Waals surface area contributed by atoms with E-state index in [1.54, 1.807) is 24.3 Å². The molecule has 10 heteroatoms. The van der Waals surface area contributed by atoms with E-state index in [-0.39, 0.29) is 11.6 Å². The first-order valence-corrected chi connectivity index (χ1v) is 10.4. The molecule has 0 saturated carbocycles. The van der Waals surface area contributed by atoms with Crippen LogP contribution in [0.15, 0.2) is 36.4 Å². The number of hydrogen-bond donors (Lipinski definition) is 2. The Bertz CT molecular complexity index is 996. The van der Waals surface area contributed by atoms with Crippen LogP contribution < -0.4 is 10.5 Å². The van der Waals surface area contributed by atoms with E-state index in [1.165, 1.54) is 6.07 Å². The number of alkyl halides is 3. The Morgan fingerprint density at radius 3 is 2.68 bits per heavy atom. The van der Waals surface area contributed by atoms with Crippen molar-refractivity contribution in [2.45, 2.75) is 18.6 Å². The highest BCUT2D eigenvalue weighted by atomic mass is 35.5. The SMILES string of the molecule is CN1Cc2c(Cl)cc(N)cc2C(c2cccc(NS(=O)(=O)CC(F)(F)F)c2)C1. The minimum Gasteiger partial charge on any atom is -0.399 e. The number of halogens is 4. The monoisotopic (exact) mass is 433 g/mol. The zero-order valence-corrected chi connectivity index (χ0v) is 16.5. The smallest absolute Gasteiger partial charge is 0.399 e. The highest BCUT2D eigenvalue weighted by Crippen LogP contribution is 2.38. The fourth-order valence-electron chi connectivity index (χ4n) is 3.44. The van der Waals surface area contributed by atoms with Crippen LogP contribution in [0.5, 0.6) is 0 Å². The standard InChI is InChI=1S/C18H19ClF3N3O2S/c1-25-8-15(14-6-12(23)7-17(19)16(14)9-25)11-3-2-4-13(5-11)24-28(26,27)10-18(20,21)22/h2-7,15,24H,8-10,23H2,1H3. The van der Waals surface area contributed by atoms with Gasteiger partial charge in [-0.3, -0.25) is 4.72 Å². The van der Waals surface area contributed by atoms with Gasteiger partial charge in [0, 0.05) is 35.4 Å². The Hall–Kier alpha value is -1.97. The molecule has 2 aromatic rings. The number of anilines is 2. The molecule has 28 heavy (non-hydrogen) atoms. The minimum atomic E-state index is -4.82. The number of nitrogens with zero attached hydrogens (tertiary/aromatic N) is 1. The lowest BCUT2D eigenvalue weighted by Crippen LogP contribution is -2.31. The minimum absolute atomic E-state index is 0.0755. The molecule has 1 aliphatic heterocycles. The average molecular weight is 434 g/mol. The lowest BCUT2D eigenvalue weighted by atomic mass is 9.84. The van der Waals surface area contributed by atoms with Gasteiger partial charge in [0.2, 0.25) is 10.0 Å². The van der Waals surface area contributed by atoms with Gasteiger partial charge in [-0.2, -0.15) is 13.2 Å². The summed E-state index contributed by atoms with van der Waals surface area (Å²) in [4.78, 5) is 2.07. The molecule has 5 nitrogen and oxygen atoms in total. The molecule has 3 rings (SSSR count). The number of rotatable bonds is 4. The summed E-state index contributed by atoms with van der Waals surface area (Å²) in [6.45, 7) is 1.27. The van der Waals surface area contributed by atoms with E-state index in [1.807, 2.05) is 17.8 Å². The molecule has 3 N–H and O–H groups in total. The van der Waals surface area contributed by atoms with E-state index in [9.17, 15) is 21.6 Å². The van der Waals surface area contributed by atoms with E-state index >= 15 is 0 Å². The molecule has 152 valence electrons. The highest BCUT2D eigenvalue weighted by Gasteiger charge is 2.35. The van der Waals surface area contributed by atoms with Gasteiger partial charge in [-0.1, -0.05) is 23.7 Å². The van der Waals surface area contributed by atoms with Crippen LogP contribution in [0.1, 0.15) is 22.6 Å². The van der Waals surface area contributed by atoms with Crippen LogP contribution in [-0.4, -0.2) is 38.8 Å². The molecular weight excluding hydrogens is 415 g/mol. The van der Waals surface area contributed by atoms with Crippen molar-refractivity contribution in [3.8, 4) is 0 Å². The molecule has 0 radical (unpaired) electrons. The van der Waals surface area contributed by atoms with Crippen molar-refractivity contribution in [1.29, 1.82) is 0 Å². The fraction of sp³-hybridized carbons (Fsp3) is 0.333. The van der Waals surface area contributed by atoms with Crippen LogP contribution in [0.3, 0.4) is 0 Å². The maximum absolute atomic E-state index is 12.5. The van der Waals surface area contributed by atoms with Gasteiger partial charge in [-0.05, 0) is 48.0 Å². The Kier molecular flexibility index (Phi) is 5.53. The highest BCUT2D eigenvalue weighted by molar-refractivity contribution is 7.92. The number of benzene rings is 2. The molecule has 2 aromatic carbocycles. The van der Waals surface area contributed by atoms with Gasteiger partial charge >= 0.3 is 6.18 Å². The predicted octanol–water partition coefficient (Wildman–Crippen LogP) is 3.80. The zero-order chi connectivity index (χ0) is 20.7. The number of sulfonamides is 1. The Morgan fingerprint density at radius 2 is 2.00 bits per heavy atom. The first kappa shape index (κ1) is 20.8. The third-order valence-corrected chi connectivity index (χ3v) is 6.06. The number of nitrogens with one attached hydrogen (secondary N) is 1. The van der Waals surface area contributed by atoms with Gasteiger partial charge in [0.25, 0.3) is 0 Å². The summed E-state index contributed by atoms with van der Waals surface area (Å²) in [5.41, 5.74) is 9.13. The second-order valence-electron chi connectivity index (χ2n) is 6.92. The van der Waals surface area contributed by atoms with Crippen molar-refractivity contribution in [2.24, 2.45) is 0 Å². The molecule has 0 saturated heterocycles. The maximum Gasteiger partial charge on any atom is 0.404 e. The fourth-order valence-corrected chi connectivity index (χ4v) is 4.72. The van der Waals surface area contributed by atoms with Crippen molar-refractivity contribution >= 4 is 33.0 Å². The van der Waals surface area contributed by atoms with Crippen LogP contribution in [0.4, 0.5) is 24.5 Å². The number of fused-ring (bicyclic) bond motifs is 1. The summed E-state index contributed by atoms with van der Waals surface area (Å²) >= 11 is 6.34. The van der Waals surface area contributed by atoms with Crippen LogP contribution >= 0.6 is 11.6 Å². The molecule has 0 fully saturated rings. The molecule has 1 atom stereocenters. The lowest BCUT2D eigenvalue weighted by molar-refractivity contribution is -0.106. The molecule has 0 aliphatic carbocycles. The Labute approximate surface area is 166 Å². The predicted molar refractivity (Wildman–Crippen MR) is 104 cm³/mol. The van der Waals surface area contributed by atoms with Gasteiger partial charge in [0.1, 0.15) is 0 Å². The summed E-state index contributed by atoms with van der Waals surface area (Å²) in [7, 11) is -2.62. The number of nitrogens with two attached hydrogens (primary N) is 1. The van der Waals surface area contributed by atoms with Crippen molar-refractivity contribution in [3.05, 3.63) is 58.1 Å². The summed E-state index contributed by atoms with van der Waals surface area (Å²) in [6, 6.07) is 9.86. The summed E-state index contributed by atoms with van der Waals surface area (Å²) < 4.78 is 62.9. The van der Waals surface area contributed by atoms with E-state index in [2.05, 4.69) is 4.90 Å². The van der Waals surface area contributed by atoms with Crippen LogP contribution in [0.25, 0.3) is 0 Å². The molecule has 1 aliphatic rings. The molecule has 0 bridgehead atoms. The van der Waals surface area contributed by atoms with Gasteiger partial charge < -0.3 is 10.6 Å².